The molecule has 2 rings (SSSR count). The Hall–Kier alpha value is -1.55. The van der Waals surface area contributed by atoms with Gasteiger partial charge in [-0.2, -0.15) is 0 Å². The number of rotatable bonds is 4. The number of benzene rings is 1. The molecule has 1 saturated carbocycles. The van der Waals surface area contributed by atoms with Crippen molar-refractivity contribution in [3.05, 3.63) is 29.8 Å². The molecule has 1 aliphatic rings. The van der Waals surface area contributed by atoms with Crippen molar-refractivity contribution in [3.63, 3.8) is 0 Å². The van der Waals surface area contributed by atoms with Crippen LogP contribution in [0.5, 0.6) is 0 Å². The summed E-state index contributed by atoms with van der Waals surface area (Å²) >= 11 is 0. The molecule has 20 heavy (non-hydrogen) atoms. The van der Waals surface area contributed by atoms with E-state index in [-0.39, 0.29) is 0 Å². The summed E-state index contributed by atoms with van der Waals surface area (Å²) in [6.07, 6.45) is 5.29. The Kier molecular flexibility index (Phi) is 5.01. The lowest BCUT2D eigenvalue weighted by molar-refractivity contribution is 0.259. The van der Waals surface area contributed by atoms with E-state index in [9.17, 15) is 4.79 Å². The van der Waals surface area contributed by atoms with E-state index in [1.807, 2.05) is 24.3 Å². The van der Waals surface area contributed by atoms with E-state index in [0.717, 1.165) is 11.6 Å². The Morgan fingerprint density at radius 1 is 1.25 bits per heavy atom. The Morgan fingerprint density at radius 3 is 2.50 bits per heavy atom. The van der Waals surface area contributed by atoms with Gasteiger partial charge in [0.15, 0.2) is 0 Å². The van der Waals surface area contributed by atoms with Crippen LogP contribution in [0.2, 0.25) is 0 Å². The van der Waals surface area contributed by atoms with Gasteiger partial charge in [-0.15, -0.1) is 0 Å². The predicted molar refractivity (Wildman–Crippen MR) is 82.6 cm³/mol. The topological polar surface area (TPSA) is 67.2 Å². The summed E-state index contributed by atoms with van der Waals surface area (Å²) in [6, 6.07) is 8.27. The van der Waals surface area contributed by atoms with Gasteiger partial charge in [-0.25, -0.2) is 4.79 Å². The number of anilines is 1. The third-order valence-corrected chi connectivity index (χ3v) is 4.25. The van der Waals surface area contributed by atoms with Crippen LogP contribution in [-0.2, 0) is 0 Å². The number of urea groups is 1. The first-order valence-electron chi connectivity index (χ1n) is 7.48. The maximum atomic E-state index is 10.8. The van der Waals surface area contributed by atoms with Crippen LogP contribution in [0.4, 0.5) is 10.5 Å². The second kappa shape index (κ2) is 6.75. The second-order valence-corrected chi connectivity index (χ2v) is 5.87. The molecule has 0 spiro atoms. The van der Waals surface area contributed by atoms with E-state index in [1.54, 1.807) is 0 Å². The van der Waals surface area contributed by atoms with Crippen molar-refractivity contribution in [3.8, 4) is 0 Å². The highest BCUT2D eigenvalue weighted by Gasteiger charge is 2.22. The zero-order valence-corrected chi connectivity index (χ0v) is 12.4. The van der Waals surface area contributed by atoms with Crippen molar-refractivity contribution in [2.24, 2.45) is 11.7 Å². The highest BCUT2D eigenvalue weighted by Crippen LogP contribution is 2.26. The normalized spacial score (nSPS) is 24.1. The van der Waals surface area contributed by atoms with Gasteiger partial charge in [-0.1, -0.05) is 31.9 Å². The molecule has 1 aromatic rings. The third-order valence-electron chi connectivity index (χ3n) is 4.25. The van der Waals surface area contributed by atoms with Crippen LogP contribution < -0.4 is 16.4 Å². The number of nitrogens with one attached hydrogen (secondary N) is 2. The summed E-state index contributed by atoms with van der Waals surface area (Å²) in [4.78, 5) is 10.8. The van der Waals surface area contributed by atoms with Crippen molar-refractivity contribution in [1.82, 2.24) is 5.32 Å². The van der Waals surface area contributed by atoms with E-state index in [1.165, 1.54) is 31.2 Å². The van der Waals surface area contributed by atoms with Gasteiger partial charge in [0.1, 0.15) is 0 Å². The molecule has 0 heterocycles. The van der Waals surface area contributed by atoms with E-state index in [0.29, 0.717) is 12.1 Å². The minimum absolute atomic E-state index is 0.322. The van der Waals surface area contributed by atoms with E-state index in [4.69, 9.17) is 5.73 Å². The first-order chi connectivity index (χ1) is 9.56. The van der Waals surface area contributed by atoms with Crippen molar-refractivity contribution >= 4 is 11.7 Å². The van der Waals surface area contributed by atoms with Gasteiger partial charge in [-0.05, 0) is 43.4 Å². The van der Waals surface area contributed by atoms with E-state index < -0.39 is 6.03 Å². The summed E-state index contributed by atoms with van der Waals surface area (Å²) in [7, 11) is 0. The first kappa shape index (κ1) is 14.9. The van der Waals surface area contributed by atoms with Crippen molar-refractivity contribution in [2.45, 2.75) is 51.6 Å². The minimum atomic E-state index is -0.528. The van der Waals surface area contributed by atoms with Gasteiger partial charge in [-0.3, -0.25) is 0 Å². The molecule has 0 radical (unpaired) electrons. The quantitative estimate of drug-likeness (QED) is 0.788. The Morgan fingerprint density at radius 2 is 1.90 bits per heavy atom. The summed E-state index contributed by atoms with van der Waals surface area (Å²) in [6.45, 7) is 4.53. The second-order valence-electron chi connectivity index (χ2n) is 5.87. The highest BCUT2D eigenvalue weighted by molar-refractivity contribution is 5.87. The molecule has 0 saturated heterocycles. The zero-order chi connectivity index (χ0) is 14.5. The molecule has 110 valence electrons. The molecular weight excluding hydrogens is 250 g/mol. The molecule has 1 aromatic carbocycles. The van der Waals surface area contributed by atoms with Crippen LogP contribution >= 0.6 is 0 Å². The third kappa shape index (κ3) is 3.97. The molecule has 4 heteroatoms. The fourth-order valence-electron chi connectivity index (χ4n) is 2.98. The number of hydrogen-bond acceptors (Lipinski definition) is 2. The molecule has 0 aromatic heterocycles. The average molecular weight is 275 g/mol. The fraction of sp³-hybridized carbons (Fsp3) is 0.562. The van der Waals surface area contributed by atoms with Gasteiger partial charge in [0, 0.05) is 17.8 Å². The highest BCUT2D eigenvalue weighted by atomic mass is 16.2. The summed E-state index contributed by atoms with van der Waals surface area (Å²) in [5.74, 6) is 0.752. The molecule has 2 amide bonds. The van der Waals surface area contributed by atoms with E-state index >= 15 is 0 Å². The number of hydrogen-bond donors (Lipinski definition) is 3. The lowest BCUT2D eigenvalue weighted by atomic mass is 9.85. The van der Waals surface area contributed by atoms with Gasteiger partial charge in [0.25, 0.3) is 0 Å². The first-order valence-corrected chi connectivity index (χ1v) is 7.48. The molecule has 4 N–H and O–H groups in total. The van der Waals surface area contributed by atoms with Crippen LogP contribution in [-0.4, -0.2) is 12.1 Å². The van der Waals surface area contributed by atoms with Crippen LogP contribution in [0, 0.1) is 5.92 Å². The summed E-state index contributed by atoms with van der Waals surface area (Å²) in [5.41, 5.74) is 7.07. The maximum Gasteiger partial charge on any atom is 0.316 e. The summed E-state index contributed by atoms with van der Waals surface area (Å²) in [5, 5.41) is 6.31. The molecular formula is C16H25N3O. The maximum absolute atomic E-state index is 10.8. The van der Waals surface area contributed by atoms with Crippen molar-refractivity contribution in [1.29, 1.82) is 0 Å². The molecule has 0 aliphatic heterocycles. The molecule has 3 unspecified atom stereocenters. The Bertz CT molecular complexity index is 444. The lowest BCUT2D eigenvalue weighted by Gasteiger charge is -2.32. The fourth-order valence-corrected chi connectivity index (χ4v) is 2.98. The van der Waals surface area contributed by atoms with Gasteiger partial charge in [0.05, 0.1) is 0 Å². The molecule has 4 nitrogen and oxygen atoms in total. The Labute approximate surface area is 121 Å². The van der Waals surface area contributed by atoms with Crippen LogP contribution in [0.15, 0.2) is 24.3 Å². The molecule has 1 aliphatic carbocycles. The minimum Gasteiger partial charge on any atom is -0.351 e. The Balaban J connectivity index is 1.94. The number of carbonyl (C=O) groups excluding carboxylic acids is 1. The number of amides is 2. The molecule has 1 fully saturated rings. The number of primary amides is 1. The average Bonchev–Trinajstić information content (AvgIpc) is 2.41. The van der Waals surface area contributed by atoms with Crippen molar-refractivity contribution in [2.75, 3.05) is 5.32 Å². The number of nitrogens with two attached hydrogens (primary N) is 1. The smallest absolute Gasteiger partial charge is 0.316 e. The van der Waals surface area contributed by atoms with Gasteiger partial charge in [0.2, 0.25) is 0 Å². The van der Waals surface area contributed by atoms with Crippen LogP contribution in [0.3, 0.4) is 0 Å². The van der Waals surface area contributed by atoms with Gasteiger partial charge < -0.3 is 16.4 Å². The monoisotopic (exact) mass is 275 g/mol. The molecule has 0 bridgehead atoms. The van der Waals surface area contributed by atoms with Crippen LogP contribution in [0.25, 0.3) is 0 Å². The van der Waals surface area contributed by atoms with E-state index in [2.05, 4.69) is 24.5 Å². The SMILES string of the molecule is CC(NC1CCCCC1C)c1ccc(NC(N)=O)cc1. The van der Waals surface area contributed by atoms with Gasteiger partial charge >= 0.3 is 6.03 Å². The molecule has 3 atom stereocenters. The largest absolute Gasteiger partial charge is 0.351 e. The predicted octanol–water partition coefficient (Wildman–Crippen LogP) is 3.41. The van der Waals surface area contributed by atoms with Crippen molar-refractivity contribution < 1.29 is 4.79 Å². The lowest BCUT2D eigenvalue weighted by Crippen LogP contribution is -2.38. The summed E-state index contributed by atoms with van der Waals surface area (Å²) < 4.78 is 0. The zero-order valence-electron chi connectivity index (χ0n) is 12.4. The van der Waals surface area contributed by atoms with Crippen LogP contribution in [0.1, 0.15) is 51.1 Å². The standard InChI is InChI=1S/C16H25N3O/c1-11-5-3-4-6-15(11)18-12(2)13-7-9-14(10-8-13)19-16(17)20/h7-12,15,18H,3-6H2,1-2H3,(H3,17,19,20). The number of carbonyl (C=O) groups is 1.